The summed E-state index contributed by atoms with van der Waals surface area (Å²) in [5.74, 6) is -4.09. The molecule has 4 atom stereocenters. The molecule has 20 heteroatoms. The van der Waals surface area contributed by atoms with Gasteiger partial charge in [-0.25, -0.2) is 9.59 Å². The Morgan fingerprint density at radius 3 is 1.75 bits per heavy atom. The number of fused-ring (bicyclic) bond motifs is 1. The van der Waals surface area contributed by atoms with Gasteiger partial charge in [0.25, 0.3) is 11.4 Å². The molecule has 1 fully saturated rings. The highest BCUT2D eigenvalue weighted by atomic mass is 31.2. The van der Waals surface area contributed by atoms with Crippen LogP contribution in [-0.2, 0) is 46.2 Å². The molecule has 4 aromatic carbocycles. The third-order valence-electron chi connectivity index (χ3n) is 9.56. The summed E-state index contributed by atoms with van der Waals surface area (Å²) in [6.07, 6.45) is -0.853. The fourth-order valence-corrected chi connectivity index (χ4v) is 7.98. The zero-order valence-electron chi connectivity index (χ0n) is 32.3. The molecule has 0 bridgehead atoms. The highest BCUT2D eigenvalue weighted by Gasteiger charge is 2.62. The molecular weight excluding hydrogens is 805 g/mol. The molecule has 1 N–H and O–H groups in total. The number of nitrogens with one attached hydrogen (secondary N) is 1. The first-order valence-electron chi connectivity index (χ1n) is 18.3. The van der Waals surface area contributed by atoms with Crippen LogP contribution in [0.2, 0.25) is 0 Å². The van der Waals surface area contributed by atoms with Crippen LogP contribution in [0.15, 0.2) is 121 Å². The number of nitro groups is 2. The summed E-state index contributed by atoms with van der Waals surface area (Å²) >= 11 is 0. The predicted molar refractivity (Wildman–Crippen MR) is 210 cm³/mol. The van der Waals surface area contributed by atoms with E-state index in [1.807, 2.05) is 0 Å². The van der Waals surface area contributed by atoms with Crippen LogP contribution in [-0.4, -0.2) is 69.2 Å². The van der Waals surface area contributed by atoms with Gasteiger partial charge in [-0.3, -0.25) is 34.7 Å². The summed E-state index contributed by atoms with van der Waals surface area (Å²) in [5, 5.41) is 24.8. The number of hydrogen-bond donors (Lipinski definition) is 1. The van der Waals surface area contributed by atoms with E-state index in [-0.39, 0.29) is 47.5 Å². The number of para-hydroxylation sites is 2. The third kappa shape index (κ3) is 9.70. The molecule has 0 saturated carbocycles. The van der Waals surface area contributed by atoms with Crippen LogP contribution in [0.3, 0.4) is 0 Å². The maximum Gasteiger partial charge on any atom is 0.646 e. The minimum atomic E-state index is -4.70. The number of non-ortho nitro benzene ring substituents is 2. The van der Waals surface area contributed by atoms with Crippen molar-refractivity contribution in [3.8, 4) is 11.5 Å². The molecule has 0 aliphatic carbocycles. The van der Waals surface area contributed by atoms with E-state index >= 15 is 0 Å². The van der Waals surface area contributed by atoms with Gasteiger partial charge < -0.3 is 33.3 Å². The van der Waals surface area contributed by atoms with Crippen molar-refractivity contribution in [1.82, 2.24) is 15.1 Å². The van der Waals surface area contributed by atoms with Gasteiger partial charge in [-0.05, 0) is 66.6 Å². The van der Waals surface area contributed by atoms with Crippen LogP contribution >= 0.6 is 7.82 Å². The molecule has 0 radical (unpaired) electrons. The van der Waals surface area contributed by atoms with Crippen molar-refractivity contribution in [2.24, 2.45) is 11.8 Å². The third-order valence-corrected chi connectivity index (χ3v) is 10.8. The first kappa shape index (κ1) is 42.3. The second-order valence-corrected chi connectivity index (χ2v) is 15.2. The Bertz CT molecular complexity index is 2300. The number of β-lactam (4-membered cyclic amide) rings is 1. The Balaban J connectivity index is 1.19. The van der Waals surface area contributed by atoms with Crippen LogP contribution < -0.4 is 14.4 Å². The molecule has 2 aliphatic rings. The van der Waals surface area contributed by atoms with E-state index in [1.165, 1.54) is 79.8 Å². The predicted octanol–water partition coefficient (Wildman–Crippen LogP) is 6.29. The van der Waals surface area contributed by atoms with E-state index in [0.29, 0.717) is 11.1 Å². The lowest BCUT2D eigenvalue weighted by Crippen LogP contribution is -2.66. The van der Waals surface area contributed by atoms with E-state index in [9.17, 15) is 44.0 Å². The standard InChI is InChI=1S/C40H38N5O14P/c1-25-35-34(26(2)41-33(46)22-42(3)40(49)56-24-28-16-20-30(21-17-28)45(52)53)38(47)43(35)36(39(48)55-23-27-14-18-29(19-15-27)44(50)51)37(25)59-60(54,57-31-10-6-4-7-11-31)58-32-12-8-5-9-13-32/h4-21,25-26,34-35H,22-24H2,1-3H3,(H,41,46)/t25-,26?,34-,35-/m1/s1. The van der Waals surface area contributed by atoms with Crippen molar-refractivity contribution in [2.45, 2.75) is 39.1 Å². The maximum atomic E-state index is 14.6. The Hall–Kier alpha value is -7.27. The van der Waals surface area contributed by atoms with Gasteiger partial charge in [0.05, 0.1) is 21.8 Å². The highest BCUT2D eigenvalue weighted by molar-refractivity contribution is 7.49. The molecule has 0 spiro atoms. The van der Waals surface area contributed by atoms with Crippen LogP contribution in [0.1, 0.15) is 25.0 Å². The Labute approximate surface area is 342 Å². The molecule has 312 valence electrons. The molecule has 6 rings (SSSR count). The van der Waals surface area contributed by atoms with E-state index in [2.05, 4.69) is 5.32 Å². The van der Waals surface area contributed by atoms with Crippen molar-refractivity contribution in [3.05, 3.63) is 152 Å². The lowest BCUT2D eigenvalue weighted by Gasteiger charge is -2.47. The SMILES string of the molecule is CC(NC(=O)CN(C)C(=O)OCc1ccc([N+](=O)[O-])cc1)[C@H]1C(=O)N2C(C(=O)OCc3ccc([N+](=O)[O-])cc3)=C(OP(=O)(Oc3ccccc3)Oc3ccccc3)[C@H](C)[C@H]12. The molecule has 2 aliphatic heterocycles. The summed E-state index contributed by atoms with van der Waals surface area (Å²) < 4.78 is 43.0. The number of rotatable bonds is 17. The second kappa shape index (κ2) is 18.1. The smallest absolute Gasteiger partial charge is 0.456 e. The summed E-state index contributed by atoms with van der Waals surface area (Å²) in [6.45, 7) is 2.18. The lowest BCUT2D eigenvalue weighted by atomic mass is 9.77. The van der Waals surface area contributed by atoms with Crippen molar-refractivity contribution < 1.29 is 56.6 Å². The molecule has 4 aromatic rings. The van der Waals surface area contributed by atoms with E-state index in [1.54, 1.807) is 50.2 Å². The minimum Gasteiger partial charge on any atom is -0.456 e. The van der Waals surface area contributed by atoms with E-state index in [4.69, 9.17) is 23.0 Å². The number of ether oxygens (including phenoxy) is 2. The summed E-state index contributed by atoms with van der Waals surface area (Å²) in [5.41, 5.74) is 0.207. The zero-order chi connectivity index (χ0) is 43.1. The van der Waals surface area contributed by atoms with E-state index in [0.717, 1.165) is 9.80 Å². The number of phosphoric acid groups is 1. The van der Waals surface area contributed by atoms with Crippen molar-refractivity contribution in [3.63, 3.8) is 0 Å². The largest absolute Gasteiger partial charge is 0.646 e. The second-order valence-electron chi connectivity index (χ2n) is 13.8. The molecule has 2 heterocycles. The van der Waals surface area contributed by atoms with Gasteiger partial charge in [0.2, 0.25) is 11.8 Å². The number of phosphoric ester groups is 1. The van der Waals surface area contributed by atoms with Crippen LogP contribution in [0, 0.1) is 32.1 Å². The number of hydrogen-bond acceptors (Lipinski definition) is 14. The van der Waals surface area contributed by atoms with Crippen LogP contribution in [0.25, 0.3) is 0 Å². The van der Waals surface area contributed by atoms with Gasteiger partial charge in [0.1, 0.15) is 37.0 Å². The maximum absolute atomic E-state index is 14.6. The average molecular weight is 844 g/mol. The average Bonchev–Trinajstić information content (AvgIpc) is 3.46. The van der Waals surface area contributed by atoms with E-state index < -0.39 is 72.0 Å². The molecule has 60 heavy (non-hydrogen) atoms. The number of esters is 1. The summed E-state index contributed by atoms with van der Waals surface area (Å²) in [4.78, 5) is 76.7. The lowest BCUT2D eigenvalue weighted by molar-refractivity contribution is -0.385. The van der Waals surface area contributed by atoms with Gasteiger partial charge in [0, 0.05) is 43.3 Å². The molecule has 1 unspecified atom stereocenters. The monoisotopic (exact) mass is 843 g/mol. The Kier molecular flexibility index (Phi) is 12.8. The number of carbonyl (C=O) groups is 4. The number of likely N-dealkylation sites (N-methyl/N-ethyl adjacent to an activating group) is 1. The van der Waals surface area contributed by atoms with Crippen LogP contribution in [0.5, 0.6) is 11.5 Å². The number of nitro benzene ring substituents is 2. The van der Waals surface area contributed by atoms with Gasteiger partial charge in [0.15, 0.2) is 5.70 Å². The van der Waals surface area contributed by atoms with Crippen molar-refractivity contribution >= 4 is 43.1 Å². The quantitative estimate of drug-likeness (QED) is 0.0404. The normalized spacial score (nSPS) is 17.4. The Morgan fingerprint density at radius 1 is 0.783 bits per heavy atom. The molecule has 1 saturated heterocycles. The van der Waals surface area contributed by atoms with Gasteiger partial charge >= 0.3 is 19.9 Å². The highest BCUT2D eigenvalue weighted by Crippen LogP contribution is 2.57. The van der Waals surface area contributed by atoms with Crippen LogP contribution in [0.4, 0.5) is 16.2 Å². The minimum absolute atomic E-state index is 0.110. The van der Waals surface area contributed by atoms with Crippen molar-refractivity contribution in [2.75, 3.05) is 13.6 Å². The number of amides is 3. The fourth-order valence-electron chi connectivity index (χ4n) is 6.62. The summed E-state index contributed by atoms with van der Waals surface area (Å²) in [7, 11) is -3.37. The molecule has 3 amide bonds. The first-order chi connectivity index (χ1) is 28.6. The van der Waals surface area contributed by atoms with Gasteiger partial charge in [-0.1, -0.05) is 43.3 Å². The number of nitrogens with zero attached hydrogens (tertiary/aromatic N) is 4. The topological polar surface area (TPSA) is 236 Å². The molecule has 19 nitrogen and oxygen atoms in total. The number of benzene rings is 4. The molecular formula is C40H38N5O14P. The van der Waals surface area contributed by atoms with Crippen molar-refractivity contribution in [1.29, 1.82) is 0 Å². The first-order valence-corrected chi connectivity index (χ1v) is 19.8. The fraction of sp³-hybridized carbons (Fsp3) is 0.250. The number of carbonyl (C=O) groups excluding carboxylic acids is 4. The van der Waals surface area contributed by atoms with Gasteiger partial charge in [-0.15, -0.1) is 0 Å². The Morgan fingerprint density at radius 2 is 1.27 bits per heavy atom. The molecule has 0 aromatic heterocycles. The van der Waals surface area contributed by atoms with Gasteiger partial charge in [-0.2, -0.15) is 4.57 Å². The zero-order valence-corrected chi connectivity index (χ0v) is 33.2. The summed E-state index contributed by atoms with van der Waals surface area (Å²) in [6, 6.07) is 25.0.